The highest BCUT2D eigenvalue weighted by atomic mass is 16.2. The number of nitrogens with one attached hydrogen (secondary N) is 1. The van der Waals surface area contributed by atoms with Crippen LogP contribution in [0.2, 0.25) is 0 Å². The molecule has 0 aliphatic heterocycles. The van der Waals surface area contributed by atoms with Crippen LogP contribution in [0.15, 0.2) is 24.3 Å². The van der Waals surface area contributed by atoms with Crippen molar-refractivity contribution in [2.24, 2.45) is 11.1 Å². The van der Waals surface area contributed by atoms with E-state index in [4.69, 9.17) is 5.73 Å². The first kappa shape index (κ1) is 17.2. The summed E-state index contributed by atoms with van der Waals surface area (Å²) in [5.41, 5.74) is 5.92. The topological polar surface area (TPSA) is 75.4 Å². The monoisotopic (exact) mass is 291 g/mol. The van der Waals surface area contributed by atoms with Gasteiger partial charge in [-0.15, -0.1) is 0 Å². The van der Waals surface area contributed by atoms with E-state index in [1.807, 2.05) is 27.7 Å². The van der Waals surface area contributed by atoms with Crippen LogP contribution >= 0.6 is 0 Å². The first-order valence-corrected chi connectivity index (χ1v) is 6.89. The summed E-state index contributed by atoms with van der Waals surface area (Å²) >= 11 is 0. The Bertz CT molecular complexity index is 525. The fraction of sp³-hybridized carbons (Fsp3) is 0.500. The van der Waals surface area contributed by atoms with Gasteiger partial charge in [0.25, 0.3) is 5.91 Å². The SMILES string of the molecule is CN(C)C(=O)c1ccc(NC(=O)C(C)(C)C(C)(C)N)cc1. The van der Waals surface area contributed by atoms with E-state index < -0.39 is 11.0 Å². The van der Waals surface area contributed by atoms with Crippen molar-refractivity contribution in [1.29, 1.82) is 0 Å². The highest BCUT2D eigenvalue weighted by Crippen LogP contribution is 2.29. The summed E-state index contributed by atoms with van der Waals surface area (Å²) in [5, 5.41) is 2.84. The Labute approximate surface area is 126 Å². The van der Waals surface area contributed by atoms with Gasteiger partial charge < -0.3 is 16.0 Å². The lowest BCUT2D eigenvalue weighted by Gasteiger charge is -2.36. The molecule has 0 aromatic heterocycles. The summed E-state index contributed by atoms with van der Waals surface area (Å²) in [6.45, 7) is 7.27. The largest absolute Gasteiger partial charge is 0.345 e. The first-order valence-electron chi connectivity index (χ1n) is 6.89. The van der Waals surface area contributed by atoms with Crippen LogP contribution in [0, 0.1) is 5.41 Å². The van der Waals surface area contributed by atoms with Crippen LogP contribution < -0.4 is 11.1 Å². The maximum Gasteiger partial charge on any atom is 0.253 e. The van der Waals surface area contributed by atoms with E-state index in [0.717, 1.165) is 0 Å². The van der Waals surface area contributed by atoms with E-state index in [-0.39, 0.29) is 11.8 Å². The number of nitrogens with zero attached hydrogens (tertiary/aromatic N) is 1. The summed E-state index contributed by atoms with van der Waals surface area (Å²) in [6, 6.07) is 6.82. The van der Waals surface area contributed by atoms with Gasteiger partial charge in [-0.1, -0.05) is 0 Å². The number of anilines is 1. The zero-order chi connectivity index (χ0) is 16.4. The van der Waals surface area contributed by atoms with Crippen molar-refractivity contribution in [1.82, 2.24) is 4.90 Å². The molecule has 0 atom stereocenters. The summed E-state index contributed by atoms with van der Waals surface area (Å²) in [4.78, 5) is 25.6. The summed E-state index contributed by atoms with van der Waals surface area (Å²) in [7, 11) is 3.40. The van der Waals surface area contributed by atoms with Crippen molar-refractivity contribution in [2.45, 2.75) is 33.2 Å². The first-order chi connectivity index (χ1) is 9.46. The molecule has 0 bridgehead atoms. The van der Waals surface area contributed by atoms with Crippen molar-refractivity contribution >= 4 is 17.5 Å². The van der Waals surface area contributed by atoms with Gasteiger partial charge in [0.05, 0.1) is 5.41 Å². The van der Waals surface area contributed by atoms with E-state index in [0.29, 0.717) is 11.3 Å². The molecule has 0 saturated heterocycles. The van der Waals surface area contributed by atoms with Gasteiger partial charge in [-0.05, 0) is 52.0 Å². The number of carbonyl (C=O) groups is 2. The van der Waals surface area contributed by atoms with Crippen molar-refractivity contribution < 1.29 is 9.59 Å². The molecule has 116 valence electrons. The molecule has 0 aliphatic rings. The highest BCUT2D eigenvalue weighted by Gasteiger charge is 2.40. The summed E-state index contributed by atoms with van der Waals surface area (Å²) in [6.07, 6.45) is 0. The van der Waals surface area contributed by atoms with Crippen molar-refractivity contribution in [2.75, 3.05) is 19.4 Å². The lowest BCUT2D eigenvalue weighted by atomic mass is 9.74. The van der Waals surface area contributed by atoms with E-state index in [2.05, 4.69) is 5.32 Å². The van der Waals surface area contributed by atoms with Crippen LogP contribution in [0.5, 0.6) is 0 Å². The van der Waals surface area contributed by atoms with Gasteiger partial charge in [-0.25, -0.2) is 0 Å². The van der Waals surface area contributed by atoms with Crippen LogP contribution in [0.4, 0.5) is 5.69 Å². The third kappa shape index (κ3) is 3.82. The Balaban J connectivity index is 2.86. The molecular weight excluding hydrogens is 266 g/mol. The van der Waals surface area contributed by atoms with Gasteiger partial charge in [0.2, 0.25) is 5.91 Å². The molecule has 21 heavy (non-hydrogen) atoms. The van der Waals surface area contributed by atoms with E-state index >= 15 is 0 Å². The molecular formula is C16H25N3O2. The predicted octanol–water partition coefficient (Wildman–Crippen LogP) is 2.09. The molecule has 3 N–H and O–H groups in total. The Morgan fingerprint density at radius 2 is 1.52 bits per heavy atom. The molecule has 0 unspecified atom stereocenters. The smallest absolute Gasteiger partial charge is 0.253 e. The molecule has 1 rings (SSSR count). The third-order valence-corrected chi connectivity index (χ3v) is 3.97. The number of carbonyl (C=O) groups excluding carboxylic acids is 2. The number of benzene rings is 1. The van der Waals surface area contributed by atoms with Gasteiger partial charge in [-0.2, -0.15) is 0 Å². The van der Waals surface area contributed by atoms with Gasteiger partial charge in [0, 0.05) is 30.9 Å². The van der Waals surface area contributed by atoms with Crippen LogP contribution in [0.25, 0.3) is 0 Å². The molecule has 0 saturated carbocycles. The molecule has 1 aromatic rings. The molecule has 0 aliphatic carbocycles. The standard InChI is InChI=1S/C16H25N3O2/c1-15(2,16(3,4)17)14(21)18-12-9-7-11(8-10-12)13(20)19(5)6/h7-10H,17H2,1-6H3,(H,18,21). The third-order valence-electron chi connectivity index (χ3n) is 3.97. The second kappa shape index (κ2) is 5.85. The Morgan fingerprint density at radius 1 is 1.05 bits per heavy atom. The fourth-order valence-electron chi connectivity index (χ4n) is 1.53. The molecule has 5 nitrogen and oxygen atoms in total. The average Bonchev–Trinajstić information content (AvgIpc) is 2.37. The minimum atomic E-state index is -0.717. The average molecular weight is 291 g/mol. The molecule has 0 spiro atoms. The molecule has 1 aromatic carbocycles. The molecule has 0 radical (unpaired) electrons. The highest BCUT2D eigenvalue weighted by molar-refractivity contribution is 5.97. The Kier molecular flexibility index (Phi) is 4.79. The van der Waals surface area contributed by atoms with Crippen LogP contribution in [0.1, 0.15) is 38.1 Å². The van der Waals surface area contributed by atoms with E-state index in [9.17, 15) is 9.59 Å². The Morgan fingerprint density at radius 3 is 1.90 bits per heavy atom. The summed E-state index contributed by atoms with van der Waals surface area (Å²) in [5.74, 6) is -0.224. The van der Waals surface area contributed by atoms with E-state index in [1.54, 1.807) is 38.4 Å². The Hall–Kier alpha value is -1.88. The number of rotatable bonds is 4. The van der Waals surface area contributed by atoms with Crippen LogP contribution in [-0.4, -0.2) is 36.3 Å². The van der Waals surface area contributed by atoms with Crippen molar-refractivity contribution in [3.05, 3.63) is 29.8 Å². The number of nitrogens with two attached hydrogens (primary N) is 1. The van der Waals surface area contributed by atoms with Gasteiger partial charge in [-0.3, -0.25) is 9.59 Å². The van der Waals surface area contributed by atoms with Gasteiger partial charge >= 0.3 is 0 Å². The minimum Gasteiger partial charge on any atom is -0.345 e. The van der Waals surface area contributed by atoms with Gasteiger partial charge in [0.1, 0.15) is 0 Å². The quantitative estimate of drug-likeness (QED) is 0.892. The molecule has 0 heterocycles. The second-order valence-corrected chi connectivity index (χ2v) is 6.58. The molecule has 0 fully saturated rings. The fourth-order valence-corrected chi connectivity index (χ4v) is 1.53. The van der Waals surface area contributed by atoms with Crippen molar-refractivity contribution in [3.8, 4) is 0 Å². The zero-order valence-electron chi connectivity index (χ0n) is 13.7. The molecule has 2 amide bonds. The maximum absolute atomic E-state index is 12.3. The number of amides is 2. The summed E-state index contributed by atoms with van der Waals surface area (Å²) < 4.78 is 0. The van der Waals surface area contributed by atoms with Crippen molar-refractivity contribution in [3.63, 3.8) is 0 Å². The lowest BCUT2D eigenvalue weighted by Crippen LogP contribution is -2.53. The number of hydrogen-bond donors (Lipinski definition) is 2. The maximum atomic E-state index is 12.3. The predicted molar refractivity (Wildman–Crippen MR) is 85.1 cm³/mol. The lowest BCUT2D eigenvalue weighted by molar-refractivity contribution is -0.126. The van der Waals surface area contributed by atoms with Crippen LogP contribution in [0.3, 0.4) is 0 Å². The van der Waals surface area contributed by atoms with Gasteiger partial charge in [0.15, 0.2) is 0 Å². The minimum absolute atomic E-state index is 0.0729. The number of hydrogen-bond acceptors (Lipinski definition) is 3. The molecule has 5 heteroatoms. The normalized spacial score (nSPS) is 12.0. The zero-order valence-corrected chi connectivity index (χ0v) is 13.7. The second-order valence-electron chi connectivity index (χ2n) is 6.58. The van der Waals surface area contributed by atoms with Crippen LogP contribution in [-0.2, 0) is 4.79 Å². The van der Waals surface area contributed by atoms with E-state index in [1.165, 1.54) is 4.90 Å².